The fourth-order valence-corrected chi connectivity index (χ4v) is 5.80. The molecule has 0 spiro atoms. The zero-order chi connectivity index (χ0) is 24.4. The molecule has 0 radical (unpaired) electrons. The van der Waals surface area contributed by atoms with Gasteiger partial charge in [-0.2, -0.15) is 0 Å². The first-order valence-corrected chi connectivity index (χ1v) is 13.8. The van der Waals surface area contributed by atoms with Gasteiger partial charge in [0.1, 0.15) is 11.2 Å². The maximum atomic E-state index is 13.8. The summed E-state index contributed by atoms with van der Waals surface area (Å²) in [6.07, 6.45) is 6.04. The Balaban J connectivity index is 1.61. The fourth-order valence-electron chi connectivity index (χ4n) is 5.06. The lowest BCUT2D eigenvalue weighted by Gasteiger charge is -2.27. The Morgan fingerprint density at radius 2 is 1.63 bits per heavy atom. The smallest absolute Gasteiger partial charge is 0.275 e. The molecule has 2 aromatic carbocycles. The van der Waals surface area contributed by atoms with E-state index in [1.165, 1.54) is 5.56 Å². The van der Waals surface area contributed by atoms with Gasteiger partial charge in [0.15, 0.2) is 0 Å². The zero-order valence-corrected chi connectivity index (χ0v) is 22.1. The van der Waals surface area contributed by atoms with E-state index in [2.05, 4.69) is 40.9 Å². The van der Waals surface area contributed by atoms with Gasteiger partial charge in [0.25, 0.3) is 11.5 Å². The molecule has 6 heteroatoms. The van der Waals surface area contributed by atoms with Crippen LogP contribution in [0.1, 0.15) is 54.2 Å². The van der Waals surface area contributed by atoms with Crippen molar-refractivity contribution >= 4 is 34.0 Å². The van der Waals surface area contributed by atoms with Crippen molar-refractivity contribution in [2.45, 2.75) is 49.6 Å². The van der Waals surface area contributed by atoms with Gasteiger partial charge in [-0.1, -0.05) is 84.1 Å². The number of nitrogens with zero attached hydrogens (tertiary/aromatic N) is 2. The third kappa shape index (κ3) is 4.94. The van der Waals surface area contributed by atoms with Crippen molar-refractivity contribution in [2.24, 2.45) is 5.92 Å². The van der Waals surface area contributed by atoms with Gasteiger partial charge in [0.05, 0.1) is 12.2 Å². The second-order valence-corrected chi connectivity index (χ2v) is 10.3. The summed E-state index contributed by atoms with van der Waals surface area (Å²) in [5.41, 5.74) is 4.96. The van der Waals surface area contributed by atoms with E-state index in [1.807, 2.05) is 71.3 Å². The summed E-state index contributed by atoms with van der Waals surface area (Å²) in [6.45, 7) is 2.64. The highest BCUT2D eigenvalue weighted by atomic mass is 127. The molecule has 1 aliphatic rings. The highest BCUT2D eigenvalue weighted by Crippen LogP contribution is 2.25. The van der Waals surface area contributed by atoms with Crippen LogP contribution < -0.4 is 10.9 Å². The van der Waals surface area contributed by atoms with Gasteiger partial charge in [-0.25, -0.2) is 0 Å². The highest BCUT2D eigenvalue weighted by molar-refractivity contribution is 14.1. The van der Waals surface area contributed by atoms with Crippen molar-refractivity contribution in [3.8, 4) is 11.3 Å². The van der Waals surface area contributed by atoms with E-state index >= 15 is 0 Å². The van der Waals surface area contributed by atoms with E-state index in [9.17, 15) is 9.59 Å². The Bertz CT molecular complexity index is 1400. The molecular formula is C29H30IN3O2. The maximum Gasteiger partial charge on any atom is 0.275 e. The van der Waals surface area contributed by atoms with Crippen LogP contribution in [0.4, 0.5) is 0 Å². The number of benzene rings is 2. The molecule has 0 saturated heterocycles. The van der Waals surface area contributed by atoms with Crippen LogP contribution in [0, 0.1) is 5.92 Å². The molecule has 1 aliphatic carbocycles. The van der Waals surface area contributed by atoms with E-state index in [0.717, 1.165) is 46.9 Å². The minimum absolute atomic E-state index is 0.151. The predicted molar refractivity (Wildman–Crippen MR) is 149 cm³/mol. The molecule has 180 valence electrons. The summed E-state index contributed by atoms with van der Waals surface area (Å²) in [7, 11) is 0. The molecular weight excluding hydrogens is 549 g/mol. The third-order valence-corrected chi connectivity index (χ3v) is 7.99. The number of halogens is 1. The molecule has 2 heterocycles. The number of carbonyl (C=O) groups is 1. The number of alkyl halides is 1. The number of amides is 1. The molecule has 4 aromatic rings. The van der Waals surface area contributed by atoms with Crippen LogP contribution in [-0.4, -0.2) is 20.9 Å². The average molecular weight is 579 g/mol. The summed E-state index contributed by atoms with van der Waals surface area (Å²) < 4.78 is 4.36. The predicted octanol–water partition coefficient (Wildman–Crippen LogP) is 6.06. The SMILES string of the molecule is CC1CCC(NC(=O)c2cn3c(-c4ccccc4)ccc3c(=O)n2Cc2ccccc2CI)CC1. The van der Waals surface area contributed by atoms with Crippen LogP contribution in [0.5, 0.6) is 0 Å². The second kappa shape index (κ2) is 10.4. The summed E-state index contributed by atoms with van der Waals surface area (Å²) in [4.78, 5) is 27.4. The second-order valence-electron chi connectivity index (χ2n) is 9.58. The van der Waals surface area contributed by atoms with Crippen molar-refractivity contribution in [1.29, 1.82) is 0 Å². The molecule has 1 fully saturated rings. The minimum atomic E-state index is -0.178. The largest absolute Gasteiger partial charge is 0.348 e. The molecule has 1 N–H and O–H groups in total. The lowest BCUT2D eigenvalue weighted by atomic mass is 9.87. The minimum Gasteiger partial charge on any atom is -0.348 e. The molecule has 0 bridgehead atoms. The van der Waals surface area contributed by atoms with Crippen molar-refractivity contribution in [3.63, 3.8) is 0 Å². The molecule has 5 rings (SSSR count). The quantitative estimate of drug-likeness (QED) is 0.223. The summed E-state index contributed by atoms with van der Waals surface area (Å²) in [5, 5.41) is 3.24. The lowest BCUT2D eigenvalue weighted by Crippen LogP contribution is -2.40. The summed E-state index contributed by atoms with van der Waals surface area (Å²) >= 11 is 2.34. The van der Waals surface area contributed by atoms with E-state index in [4.69, 9.17) is 0 Å². The van der Waals surface area contributed by atoms with Crippen LogP contribution in [0.25, 0.3) is 16.8 Å². The average Bonchev–Trinajstić information content (AvgIpc) is 3.32. The van der Waals surface area contributed by atoms with Crippen molar-refractivity contribution in [1.82, 2.24) is 14.3 Å². The molecule has 1 saturated carbocycles. The number of aromatic nitrogens is 2. The molecule has 0 unspecified atom stereocenters. The van der Waals surface area contributed by atoms with Gasteiger partial charge in [-0.3, -0.25) is 14.2 Å². The Labute approximate surface area is 219 Å². The van der Waals surface area contributed by atoms with Gasteiger partial charge in [-0.05, 0) is 60.4 Å². The molecule has 2 aromatic heterocycles. The van der Waals surface area contributed by atoms with E-state index in [-0.39, 0.29) is 17.5 Å². The van der Waals surface area contributed by atoms with Gasteiger partial charge in [-0.15, -0.1) is 0 Å². The van der Waals surface area contributed by atoms with Crippen molar-refractivity contribution in [2.75, 3.05) is 0 Å². The van der Waals surface area contributed by atoms with E-state index in [1.54, 1.807) is 4.57 Å². The van der Waals surface area contributed by atoms with Gasteiger partial charge < -0.3 is 9.72 Å². The van der Waals surface area contributed by atoms with Crippen molar-refractivity contribution in [3.05, 3.63) is 100 Å². The molecule has 0 atom stereocenters. The Morgan fingerprint density at radius 1 is 0.943 bits per heavy atom. The Kier molecular flexibility index (Phi) is 7.09. The Morgan fingerprint density at radius 3 is 2.34 bits per heavy atom. The molecule has 0 aliphatic heterocycles. The first-order valence-electron chi connectivity index (χ1n) is 12.3. The maximum absolute atomic E-state index is 13.8. The topological polar surface area (TPSA) is 55.5 Å². The number of fused-ring (bicyclic) bond motifs is 1. The normalized spacial score (nSPS) is 18.0. The first-order chi connectivity index (χ1) is 17.0. The molecule has 1 amide bonds. The molecule has 5 nitrogen and oxygen atoms in total. The zero-order valence-electron chi connectivity index (χ0n) is 19.9. The number of carbonyl (C=O) groups excluding carboxylic acids is 1. The number of rotatable bonds is 6. The van der Waals surface area contributed by atoms with Crippen LogP contribution in [0.3, 0.4) is 0 Å². The summed E-state index contributed by atoms with van der Waals surface area (Å²) in [6, 6.07) is 22.1. The van der Waals surface area contributed by atoms with Crippen LogP contribution in [0.15, 0.2) is 77.7 Å². The van der Waals surface area contributed by atoms with Crippen LogP contribution in [0.2, 0.25) is 0 Å². The van der Waals surface area contributed by atoms with Gasteiger partial charge in [0.2, 0.25) is 0 Å². The van der Waals surface area contributed by atoms with E-state index < -0.39 is 0 Å². The lowest BCUT2D eigenvalue weighted by molar-refractivity contribution is 0.0912. The number of hydrogen-bond donors (Lipinski definition) is 1. The van der Waals surface area contributed by atoms with Crippen molar-refractivity contribution < 1.29 is 4.79 Å². The van der Waals surface area contributed by atoms with Crippen LogP contribution >= 0.6 is 22.6 Å². The highest BCUT2D eigenvalue weighted by Gasteiger charge is 2.24. The van der Waals surface area contributed by atoms with Gasteiger partial charge >= 0.3 is 0 Å². The van der Waals surface area contributed by atoms with E-state index in [0.29, 0.717) is 23.7 Å². The van der Waals surface area contributed by atoms with Crippen LogP contribution in [-0.2, 0) is 11.0 Å². The first kappa shape index (κ1) is 23.9. The number of nitrogens with one attached hydrogen (secondary N) is 1. The molecule has 35 heavy (non-hydrogen) atoms. The standard InChI is InChI=1S/C29H30IN3O2/c1-20-11-13-24(14-12-20)31-28(34)27-19-32-25(21-7-3-2-4-8-21)15-16-26(32)29(35)33(27)18-23-10-6-5-9-22(23)17-30/h2-10,15-16,19-20,24H,11-14,17-18H2,1H3,(H,31,34). The van der Waals surface area contributed by atoms with Gasteiger partial charge in [0, 0.05) is 16.7 Å². The summed E-state index contributed by atoms with van der Waals surface area (Å²) in [5.74, 6) is 0.527. The fraction of sp³-hybridized carbons (Fsp3) is 0.310. The number of hydrogen-bond acceptors (Lipinski definition) is 2. The monoisotopic (exact) mass is 579 g/mol. The third-order valence-electron chi connectivity index (χ3n) is 7.17. The Hall–Kier alpha value is -2.87.